The van der Waals surface area contributed by atoms with Gasteiger partial charge in [0, 0.05) is 17.3 Å². The Labute approximate surface area is 147 Å². The van der Waals surface area contributed by atoms with Crippen LogP contribution in [-0.4, -0.2) is 24.7 Å². The lowest BCUT2D eigenvalue weighted by Crippen LogP contribution is -1.93. The molecule has 0 aliphatic carbocycles. The molecule has 118 valence electrons. The van der Waals surface area contributed by atoms with E-state index >= 15 is 0 Å². The number of hydrogen-bond acceptors (Lipinski definition) is 6. The summed E-state index contributed by atoms with van der Waals surface area (Å²) in [5.41, 5.74) is 2.93. The molecule has 0 aliphatic rings. The second-order valence-electron chi connectivity index (χ2n) is 4.95. The number of benzene rings is 1. The predicted octanol–water partition coefficient (Wildman–Crippen LogP) is 4.08. The molecule has 0 atom stereocenters. The van der Waals surface area contributed by atoms with Crippen molar-refractivity contribution in [2.24, 2.45) is 0 Å². The van der Waals surface area contributed by atoms with Crippen LogP contribution in [0.25, 0.3) is 16.4 Å². The number of thioether (sulfide) groups is 1. The largest absolute Gasteiger partial charge is 0.254 e. The number of thiazole rings is 1. The maximum atomic E-state index is 4.63. The quantitative estimate of drug-likeness (QED) is 0.507. The molecule has 0 saturated heterocycles. The summed E-state index contributed by atoms with van der Waals surface area (Å²) in [6, 6.07) is 15.8. The van der Waals surface area contributed by atoms with Crippen molar-refractivity contribution in [1.29, 1.82) is 0 Å². The Balaban J connectivity index is 1.43. The average Bonchev–Trinajstić information content (AvgIpc) is 3.31. The molecule has 0 aliphatic heterocycles. The minimum atomic E-state index is 0.738. The van der Waals surface area contributed by atoms with Gasteiger partial charge in [-0.25, -0.2) is 14.6 Å². The predicted molar refractivity (Wildman–Crippen MR) is 96.3 cm³/mol. The van der Waals surface area contributed by atoms with Crippen LogP contribution in [0.15, 0.2) is 71.6 Å². The van der Waals surface area contributed by atoms with Crippen LogP contribution in [0, 0.1) is 0 Å². The van der Waals surface area contributed by atoms with Crippen molar-refractivity contribution in [3.63, 3.8) is 0 Å². The van der Waals surface area contributed by atoms with Crippen LogP contribution in [0.5, 0.6) is 0 Å². The Morgan fingerprint density at radius 2 is 1.88 bits per heavy atom. The smallest absolute Gasteiger partial charge is 0.209 e. The third kappa shape index (κ3) is 3.37. The van der Waals surface area contributed by atoms with Crippen LogP contribution in [0.1, 0.15) is 5.69 Å². The van der Waals surface area contributed by atoms with Crippen LogP contribution in [0.2, 0.25) is 0 Å². The lowest BCUT2D eigenvalue weighted by Gasteiger charge is -1.98. The number of aromatic nitrogens is 5. The molecule has 4 rings (SSSR count). The molecule has 0 bridgehead atoms. The van der Waals surface area contributed by atoms with Crippen LogP contribution < -0.4 is 0 Å². The highest BCUT2D eigenvalue weighted by Gasteiger charge is 2.08. The molecule has 0 N–H and O–H groups in total. The van der Waals surface area contributed by atoms with E-state index in [-0.39, 0.29) is 0 Å². The Hall–Kier alpha value is -2.51. The Kier molecular flexibility index (Phi) is 4.35. The fraction of sp³-hybridized carbons (Fsp3) is 0.0588. The van der Waals surface area contributed by atoms with Crippen molar-refractivity contribution in [3.05, 3.63) is 72.1 Å². The first kappa shape index (κ1) is 15.0. The molecule has 0 amide bonds. The fourth-order valence-electron chi connectivity index (χ4n) is 2.14. The van der Waals surface area contributed by atoms with Crippen LogP contribution in [0.3, 0.4) is 0 Å². The van der Waals surface area contributed by atoms with Gasteiger partial charge in [-0.3, -0.25) is 4.98 Å². The third-order valence-electron chi connectivity index (χ3n) is 3.28. The zero-order valence-corrected chi connectivity index (χ0v) is 14.2. The zero-order chi connectivity index (χ0) is 16.2. The SMILES string of the molecule is c1ccc(-n2cnc(SCc3csc(-c4ccccn4)n3)n2)cc1. The Morgan fingerprint density at radius 3 is 2.71 bits per heavy atom. The lowest BCUT2D eigenvalue weighted by molar-refractivity contribution is 0.834. The summed E-state index contributed by atoms with van der Waals surface area (Å²) in [7, 11) is 0. The highest BCUT2D eigenvalue weighted by Crippen LogP contribution is 2.25. The highest BCUT2D eigenvalue weighted by molar-refractivity contribution is 7.98. The molecule has 0 saturated carbocycles. The topological polar surface area (TPSA) is 56.5 Å². The minimum absolute atomic E-state index is 0.738. The minimum Gasteiger partial charge on any atom is -0.254 e. The molecule has 0 fully saturated rings. The van der Waals surface area contributed by atoms with Crippen molar-refractivity contribution in [1.82, 2.24) is 24.7 Å². The van der Waals surface area contributed by atoms with E-state index in [0.29, 0.717) is 0 Å². The zero-order valence-electron chi connectivity index (χ0n) is 12.6. The number of hydrogen-bond donors (Lipinski definition) is 0. The van der Waals surface area contributed by atoms with Gasteiger partial charge >= 0.3 is 0 Å². The van der Waals surface area contributed by atoms with Crippen LogP contribution >= 0.6 is 23.1 Å². The summed E-state index contributed by atoms with van der Waals surface area (Å²) in [5.74, 6) is 0.738. The average molecular weight is 351 g/mol. The standard InChI is InChI=1S/C17H13N5S2/c1-2-6-14(7-3-1)22-12-19-17(21-22)24-11-13-10-23-16(20-13)15-8-4-5-9-18-15/h1-10,12H,11H2. The number of para-hydroxylation sites is 1. The van der Waals surface area contributed by atoms with E-state index in [2.05, 4.69) is 25.4 Å². The van der Waals surface area contributed by atoms with E-state index < -0.39 is 0 Å². The van der Waals surface area contributed by atoms with Gasteiger partial charge in [0.15, 0.2) is 0 Å². The molecule has 0 unspecified atom stereocenters. The van der Waals surface area contributed by atoms with Crippen LogP contribution in [-0.2, 0) is 5.75 Å². The van der Waals surface area contributed by atoms with Gasteiger partial charge in [0.25, 0.3) is 0 Å². The molecule has 0 radical (unpaired) electrons. The van der Waals surface area contributed by atoms with Crippen molar-refractivity contribution in [2.75, 3.05) is 0 Å². The number of pyridine rings is 1. The number of rotatable bonds is 5. The Bertz CT molecular complexity index is 841. The van der Waals surface area contributed by atoms with E-state index in [0.717, 1.165) is 33.0 Å². The van der Waals surface area contributed by atoms with Gasteiger partial charge in [-0.1, -0.05) is 36.0 Å². The summed E-state index contributed by atoms with van der Waals surface area (Å²) in [6.45, 7) is 0. The van der Waals surface area contributed by atoms with Gasteiger partial charge < -0.3 is 0 Å². The van der Waals surface area contributed by atoms with Gasteiger partial charge in [0.2, 0.25) is 5.16 Å². The summed E-state index contributed by atoms with van der Waals surface area (Å²) >= 11 is 3.19. The first-order chi connectivity index (χ1) is 11.9. The van der Waals surface area contributed by atoms with Crippen molar-refractivity contribution >= 4 is 23.1 Å². The molecule has 4 aromatic rings. The molecular formula is C17H13N5S2. The second-order valence-corrected chi connectivity index (χ2v) is 6.76. The molecule has 3 heterocycles. The highest BCUT2D eigenvalue weighted by atomic mass is 32.2. The van der Waals surface area contributed by atoms with Gasteiger partial charge in [0.1, 0.15) is 11.3 Å². The monoisotopic (exact) mass is 351 g/mol. The van der Waals surface area contributed by atoms with E-state index in [9.17, 15) is 0 Å². The maximum Gasteiger partial charge on any atom is 0.209 e. The molecule has 1 aromatic carbocycles. The van der Waals surface area contributed by atoms with E-state index in [1.165, 1.54) is 0 Å². The molecular weight excluding hydrogens is 338 g/mol. The third-order valence-corrected chi connectivity index (χ3v) is 5.08. The summed E-state index contributed by atoms with van der Waals surface area (Å²) < 4.78 is 1.78. The second kappa shape index (κ2) is 6.94. The van der Waals surface area contributed by atoms with Gasteiger partial charge in [0.05, 0.1) is 17.1 Å². The number of nitrogens with zero attached hydrogens (tertiary/aromatic N) is 5. The lowest BCUT2D eigenvalue weighted by atomic mass is 10.3. The van der Waals surface area contributed by atoms with Crippen LogP contribution in [0.4, 0.5) is 0 Å². The fourth-order valence-corrected chi connectivity index (χ4v) is 3.73. The van der Waals surface area contributed by atoms with Crippen molar-refractivity contribution in [3.8, 4) is 16.4 Å². The molecule has 24 heavy (non-hydrogen) atoms. The van der Waals surface area contributed by atoms with E-state index in [4.69, 9.17) is 0 Å². The molecule has 3 aromatic heterocycles. The maximum absolute atomic E-state index is 4.63. The van der Waals surface area contributed by atoms with E-state index in [1.807, 2.05) is 48.5 Å². The summed E-state index contributed by atoms with van der Waals surface area (Å²) in [5, 5.41) is 8.23. The van der Waals surface area contributed by atoms with E-state index in [1.54, 1.807) is 40.3 Å². The Morgan fingerprint density at radius 1 is 1.00 bits per heavy atom. The van der Waals surface area contributed by atoms with Gasteiger partial charge in [-0.2, -0.15) is 0 Å². The van der Waals surface area contributed by atoms with Gasteiger partial charge in [-0.15, -0.1) is 16.4 Å². The summed E-state index contributed by atoms with van der Waals surface area (Å²) in [6.07, 6.45) is 3.52. The first-order valence-electron chi connectivity index (χ1n) is 7.34. The summed E-state index contributed by atoms with van der Waals surface area (Å²) in [4.78, 5) is 13.3. The normalized spacial score (nSPS) is 10.8. The molecule has 0 spiro atoms. The molecule has 7 heteroatoms. The first-order valence-corrected chi connectivity index (χ1v) is 9.21. The molecule has 5 nitrogen and oxygen atoms in total. The van der Waals surface area contributed by atoms with Crippen molar-refractivity contribution in [2.45, 2.75) is 10.9 Å². The van der Waals surface area contributed by atoms with Gasteiger partial charge in [-0.05, 0) is 24.3 Å². The van der Waals surface area contributed by atoms with Crippen molar-refractivity contribution < 1.29 is 0 Å².